The number of hydrogen-bond donors (Lipinski definition) is 4. The van der Waals surface area contributed by atoms with Crippen molar-refractivity contribution in [3.8, 4) is 0 Å². The number of hydrogen-bond acceptors (Lipinski definition) is 4. The van der Waals surface area contributed by atoms with Crippen LogP contribution in [0.2, 0.25) is 0 Å². The molecule has 0 radical (unpaired) electrons. The van der Waals surface area contributed by atoms with Gasteiger partial charge in [0.05, 0.1) is 19.8 Å². The molecule has 0 heterocycles. The van der Waals surface area contributed by atoms with Crippen LogP contribution in [0.15, 0.2) is 0 Å². The number of primary amides is 1. The standard InChI is InChI=1S/C5H11NO4/c6-4(10)5(1-7,2-8)3-9/h7-9H,1-3H2,(H2,6,10). The first-order valence-electron chi connectivity index (χ1n) is 2.75. The molecule has 0 bridgehead atoms. The molecule has 0 aliphatic rings. The number of carbonyl (C=O) groups excluding carboxylic acids is 1. The Bertz CT molecular complexity index is 113. The van der Waals surface area contributed by atoms with Gasteiger partial charge in [-0.15, -0.1) is 0 Å². The van der Waals surface area contributed by atoms with Gasteiger partial charge in [-0.25, -0.2) is 0 Å². The molecule has 0 saturated heterocycles. The molecule has 0 aliphatic carbocycles. The fourth-order valence-electron chi connectivity index (χ4n) is 0.384. The summed E-state index contributed by atoms with van der Waals surface area (Å²) in [6.45, 7) is -1.93. The number of aliphatic hydroxyl groups excluding tert-OH is 3. The van der Waals surface area contributed by atoms with Crippen molar-refractivity contribution in [3.63, 3.8) is 0 Å². The molecule has 10 heavy (non-hydrogen) atoms. The number of aliphatic hydroxyl groups is 3. The van der Waals surface area contributed by atoms with E-state index in [-0.39, 0.29) is 0 Å². The minimum absolute atomic E-state index is 0.644. The second-order valence-electron chi connectivity index (χ2n) is 2.12. The van der Waals surface area contributed by atoms with E-state index in [0.717, 1.165) is 0 Å². The summed E-state index contributed by atoms with van der Waals surface area (Å²) < 4.78 is 0. The Morgan fingerprint density at radius 3 is 1.50 bits per heavy atom. The average Bonchev–Trinajstić information content (AvgIpc) is 1.92. The molecule has 0 aromatic rings. The molecular weight excluding hydrogens is 138 g/mol. The van der Waals surface area contributed by atoms with E-state index < -0.39 is 31.1 Å². The maximum atomic E-state index is 10.5. The molecule has 0 saturated carbocycles. The minimum atomic E-state index is -1.57. The largest absolute Gasteiger partial charge is 0.395 e. The zero-order valence-corrected chi connectivity index (χ0v) is 5.45. The van der Waals surface area contributed by atoms with E-state index in [1.165, 1.54) is 0 Å². The molecule has 5 heteroatoms. The molecule has 0 atom stereocenters. The lowest BCUT2D eigenvalue weighted by Gasteiger charge is -2.22. The molecule has 0 aromatic heterocycles. The number of amides is 1. The van der Waals surface area contributed by atoms with E-state index in [2.05, 4.69) is 0 Å². The van der Waals surface area contributed by atoms with Crippen molar-refractivity contribution in [2.45, 2.75) is 0 Å². The van der Waals surface area contributed by atoms with E-state index in [9.17, 15) is 4.79 Å². The normalized spacial score (nSPS) is 11.5. The summed E-state index contributed by atoms with van der Waals surface area (Å²) in [6, 6.07) is 0. The van der Waals surface area contributed by atoms with Crippen molar-refractivity contribution >= 4 is 5.91 Å². The van der Waals surface area contributed by atoms with Gasteiger partial charge in [-0.1, -0.05) is 0 Å². The summed E-state index contributed by atoms with van der Waals surface area (Å²) in [4.78, 5) is 10.5. The first-order chi connectivity index (χ1) is 4.63. The molecule has 0 fully saturated rings. The summed E-state index contributed by atoms with van der Waals surface area (Å²) in [5, 5.41) is 25.6. The Labute approximate surface area is 58.1 Å². The topological polar surface area (TPSA) is 104 Å². The zero-order valence-electron chi connectivity index (χ0n) is 5.45. The monoisotopic (exact) mass is 149 g/mol. The third-order valence-corrected chi connectivity index (χ3v) is 1.43. The first-order valence-corrected chi connectivity index (χ1v) is 2.75. The fourth-order valence-corrected chi connectivity index (χ4v) is 0.384. The van der Waals surface area contributed by atoms with Crippen molar-refractivity contribution in [1.82, 2.24) is 0 Å². The van der Waals surface area contributed by atoms with E-state index in [4.69, 9.17) is 21.1 Å². The lowest BCUT2D eigenvalue weighted by molar-refractivity contribution is -0.136. The van der Waals surface area contributed by atoms with Gasteiger partial charge in [-0.2, -0.15) is 0 Å². The SMILES string of the molecule is NC(=O)C(CO)(CO)CO. The maximum absolute atomic E-state index is 10.5. The van der Waals surface area contributed by atoms with Gasteiger partial charge >= 0.3 is 0 Å². The highest BCUT2D eigenvalue weighted by Gasteiger charge is 2.34. The number of carbonyl (C=O) groups is 1. The van der Waals surface area contributed by atoms with Crippen LogP contribution in [-0.2, 0) is 4.79 Å². The summed E-state index contributed by atoms with van der Waals surface area (Å²) in [6.07, 6.45) is 0. The van der Waals surface area contributed by atoms with E-state index in [1.54, 1.807) is 0 Å². The Kier molecular flexibility index (Phi) is 3.27. The van der Waals surface area contributed by atoms with Crippen LogP contribution in [0, 0.1) is 5.41 Å². The molecule has 0 aromatic carbocycles. The zero-order chi connectivity index (χ0) is 8.20. The van der Waals surface area contributed by atoms with Crippen molar-refractivity contribution in [3.05, 3.63) is 0 Å². The lowest BCUT2D eigenvalue weighted by atomic mass is 9.91. The van der Waals surface area contributed by atoms with Gasteiger partial charge in [-0.3, -0.25) is 4.79 Å². The Hall–Kier alpha value is -0.650. The molecule has 60 valence electrons. The Morgan fingerprint density at radius 2 is 1.50 bits per heavy atom. The maximum Gasteiger partial charge on any atom is 0.230 e. The van der Waals surface area contributed by atoms with Gasteiger partial charge in [0.25, 0.3) is 0 Å². The number of rotatable bonds is 4. The van der Waals surface area contributed by atoms with Crippen LogP contribution in [0.4, 0.5) is 0 Å². The quantitative estimate of drug-likeness (QED) is 0.353. The predicted octanol–water partition coefficient (Wildman–Crippen LogP) is -2.56. The molecule has 5 N–H and O–H groups in total. The van der Waals surface area contributed by atoms with Crippen molar-refractivity contribution < 1.29 is 20.1 Å². The summed E-state index contributed by atoms with van der Waals surface area (Å²) in [5.41, 5.74) is 3.21. The Morgan fingerprint density at radius 1 is 1.20 bits per heavy atom. The van der Waals surface area contributed by atoms with Crippen LogP contribution < -0.4 is 5.73 Å². The van der Waals surface area contributed by atoms with E-state index >= 15 is 0 Å². The van der Waals surface area contributed by atoms with Crippen molar-refractivity contribution in [2.75, 3.05) is 19.8 Å². The lowest BCUT2D eigenvalue weighted by Crippen LogP contribution is -2.46. The van der Waals surface area contributed by atoms with Crippen molar-refractivity contribution in [2.24, 2.45) is 11.1 Å². The van der Waals surface area contributed by atoms with Gasteiger partial charge in [0.15, 0.2) is 0 Å². The van der Waals surface area contributed by atoms with E-state index in [1.807, 2.05) is 0 Å². The molecular formula is C5H11NO4. The third-order valence-electron chi connectivity index (χ3n) is 1.43. The highest BCUT2D eigenvalue weighted by atomic mass is 16.3. The molecule has 1 amide bonds. The van der Waals surface area contributed by atoms with Gasteiger partial charge < -0.3 is 21.1 Å². The highest BCUT2D eigenvalue weighted by molar-refractivity contribution is 5.81. The van der Waals surface area contributed by atoms with Crippen molar-refractivity contribution in [1.29, 1.82) is 0 Å². The van der Waals surface area contributed by atoms with Crippen LogP contribution in [0.5, 0.6) is 0 Å². The van der Waals surface area contributed by atoms with Crippen LogP contribution in [0.1, 0.15) is 0 Å². The summed E-state index contributed by atoms with van der Waals surface area (Å²) in [5.74, 6) is -0.903. The third kappa shape index (κ3) is 1.44. The van der Waals surface area contributed by atoms with Crippen LogP contribution >= 0.6 is 0 Å². The second-order valence-corrected chi connectivity index (χ2v) is 2.12. The molecule has 5 nitrogen and oxygen atoms in total. The summed E-state index contributed by atoms with van der Waals surface area (Å²) in [7, 11) is 0. The molecule has 0 spiro atoms. The van der Waals surface area contributed by atoms with Gasteiger partial charge in [0.1, 0.15) is 5.41 Å². The smallest absolute Gasteiger partial charge is 0.230 e. The van der Waals surface area contributed by atoms with E-state index in [0.29, 0.717) is 0 Å². The molecule has 0 rings (SSSR count). The minimum Gasteiger partial charge on any atom is -0.395 e. The predicted molar refractivity (Wildman–Crippen MR) is 32.9 cm³/mol. The van der Waals surface area contributed by atoms with Gasteiger partial charge in [0, 0.05) is 0 Å². The van der Waals surface area contributed by atoms with Crippen LogP contribution in [0.3, 0.4) is 0 Å². The first kappa shape index (κ1) is 9.35. The molecule has 0 unspecified atom stereocenters. The molecule has 0 aliphatic heterocycles. The second kappa shape index (κ2) is 3.50. The van der Waals surface area contributed by atoms with Crippen LogP contribution in [-0.4, -0.2) is 41.0 Å². The van der Waals surface area contributed by atoms with Gasteiger partial charge in [-0.05, 0) is 0 Å². The van der Waals surface area contributed by atoms with Crippen LogP contribution in [0.25, 0.3) is 0 Å². The fraction of sp³-hybridized carbons (Fsp3) is 0.800. The number of nitrogens with two attached hydrogens (primary N) is 1. The van der Waals surface area contributed by atoms with Gasteiger partial charge in [0.2, 0.25) is 5.91 Å². The Balaban J connectivity index is 4.31. The summed E-state index contributed by atoms with van der Waals surface area (Å²) >= 11 is 0. The highest BCUT2D eigenvalue weighted by Crippen LogP contribution is 2.12. The average molecular weight is 149 g/mol.